The highest BCUT2D eigenvalue weighted by atomic mass is 79.9. The summed E-state index contributed by atoms with van der Waals surface area (Å²) >= 11 is 3.27. The third kappa shape index (κ3) is 2.80. The number of carbonyl (C=O) groups is 1. The van der Waals surface area contributed by atoms with Gasteiger partial charge in [0, 0.05) is 10.7 Å². The lowest BCUT2D eigenvalue weighted by molar-refractivity contribution is -0.143. The number of esters is 1. The van der Waals surface area contributed by atoms with Crippen molar-refractivity contribution in [2.45, 2.75) is 19.8 Å². The van der Waals surface area contributed by atoms with Crippen molar-refractivity contribution in [1.82, 2.24) is 4.98 Å². The van der Waals surface area contributed by atoms with Crippen LogP contribution in [0.1, 0.15) is 24.1 Å². The number of halogens is 1. The van der Waals surface area contributed by atoms with E-state index in [2.05, 4.69) is 20.9 Å². The van der Waals surface area contributed by atoms with E-state index in [4.69, 9.17) is 10.00 Å². The van der Waals surface area contributed by atoms with Crippen molar-refractivity contribution in [3.8, 4) is 6.07 Å². The van der Waals surface area contributed by atoms with Gasteiger partial charge in [0.2, 0.25) is 0 Å². The maximum Gasteiger partial charge on any atom is 0.329 e. The summed E-state index contributed by atoms with van der Waals surface area (Å²) in [5, 5.41) is 8.97. The number of pyridine rings is 1. The number of rotatable bonds is 3. The van der Waals surface area contributed by atoms with Crippen LogP contribution in [0.15, 0.2) is 16.7 Å². The molecule has 1 atom stereocenters. The Kier molecular flexibility index (Phi) is 4.44. The van der Waals surface area contributed by atoms with Crippen molar-refractivity contribution in [1.29, 1.82) is 5.26 Å². The molecule has 84 valence electrons. The first-order valence-electron chi connectivity index (χ1n) is 4.78. The molecule has 0 radical (unpaired) electrons. The molecule has 16 heavy (non-hydrogen) atoms. The van der Waals surface area contributed by atoms with Gasteiger partial charge in [-0.05, 0) is 41.4 Å². The summed E-state index contributed by atoms with van der Waals surface area (Å²) in [7, 11) is 0. The third-order valence-corrected chi connectivity index (χ3v) is 2.44. The topological polar surface area (TPSA) is 63.0 Å². The van der Waals surface area contributed by atoms with Gasteiger partial charge in [-0.1, -0.05) is 0 Å². The van der Waals surface area contributed by atoms with Gasteiger partial charge in [0.05, 0.1) is 18.4 Å². The van der Waals surface area contributed by atoms with Crippen LogP contribution < -0.4 is 0 Å². The molecule has 0 aliphatic rings. The van der Waals surface area contributed by atoms with E-state index in [0.717, 1.165) is 10.0 Å². The molecule has 4 nitrogen and oxygen atoms in total. The Labute approximate surface area is 102 Å². The quantitative estimate of drug-likeness (QED) is 0.799. The molecule has 1 rings (SSSR count). The van der Waals surface area contributed by atoms with Gasteiger partial charge in [-0.25, -0.2) is 0 Å². The van der Waals surface area contributed by atoms with Gasteiger partial charge in [-0.2, -0.15) is 5.26 Å². The van der Waals surface area contributed by atoms with Crippen molar-refractivity contribution < 1.29 is 9.53 Å². The van der Waals surface area contributed by atoms with Crippen molar-refractivity contribution in [2.75, 3.05) is 6.61 Å². The average molecular weight is 283 g/mol. The number of nitriles is 1. The Balaban J connectivity index is 3.05. The second kappa shape index (κ2) is 5.61. The first-order valence-corrected chi connectivity index (χ1v) is 5.57. The molecule has 0 aliphatic heterocycles. The van der Waals surface area contributed by atoms with Gasteiger partial charge in [-0.15, -0.1) is 0 Å². The van der Waals surface area contributed by atoms with Gasteiger partial charge in [0.15, 0.2) is 5.92 Å². The fraction of sp³-hybridized carbons (Fsp3) is 0.364. The number of ether oxygens (including phenoxy) is 1. The highest BCUT2D eigenvalue weighted by Crippen LogP contribution is 2.21. The molecular formula is C11H11BrN2O2. The predicted octanol–water partition coefficient (Wildman–Crippen LogP) is 2.32. The minimum Gasteiger partial charge on any atom is -0.465 e. The summed E-state index contributed by atoms with van der Waals surface area (Å²) in [5.41, 5.74) is 1.23. The summed E-state index contributed by atoms with van der Waals surface area (Å²) in [6, 6.07) is 3.72. The Bertz CT molecular complexity index is 440. The maximum atomic E-state index is 11.5. The van der Waals surface area contributed by atoms with E-state index in [1.54, 1.807) is 20.0 Å². The van der Waals surface area contributed by atoms with Crippen molar-refractivity contribution in [2.24, 2.45) is 0 Å². The summed E-state index contributed by atoms with van der Waals surface area (Å²) < 4.78 is 5.64. The van der Waals surface area contributed by atoms with Crippen molar-refractivity contribution in [3.05, 3.63) is 28.0 Å². The number of hydrogen-bond acceptors (Lipinski definition) is 4. The van der Waals surface area contributed by atoms with Gasteiger partial charge in [-0.3, -0.25) is 9.78 Å². The van der Waals surface area contributed by atoms with Crippen LogP contribution >= 0.6 is 15.9 Å². The molecule has 5 heteroatoms. The molecule has 1 heterocycles. The lowest BCUT2D eigenvalue weighted by Gasteiger charge is -2.10. The Morgan fingerprint density at radius 3 is 2.94 bits per heavy atom. The average Bonchev–Trinajstić information content (AvgIpc) is 2.22. The summed E-state index contributed by atoms with van der Waals surface area (Å²) in [6.07, 6.45) is 1.56. The molecule has 0 aromatic carbocycles. The largest absolute Gasteiger partial charge is 0.465 e. The second-order valence-electron chi connectivity index (χ2n) is 3.17. The molecule has 1 aromatic heterocycles. The van der Waals surface area contributed by atoms with Crippen molar-refractivity contribution in [3.63, 3.8) is 0 Å². The van der Waals surface area contributed by atoms with Crippen LogP contribution in [0.4, 0.5) is 0 Å². The molecule has 0 N–H and O–H groups in total. The van der Waals surface area contributed by atoms with Crippen LogP contribution in [0.25, 0.3) is 0 Å². The van der Waals surface area contributed by atoms with E-state index < -0.39 is 11.9 Å². The second-order valence-corrected chi connectivity index (χ2v) is 4.09. The molecule has 0 amide bonds. The first kappa shape index (κ1) is 12.7. The van der Waals surface area contributed by atoms with E-state index in [-0.39, 0.29) is 6.61 Å². The molecule has 0 saturated heterocycles. The van der Waals surface area contributed by atoms with E-state index >= 15 is 0 Å². The Morgan fingerprint density at radius 1 is 1.75 bits per heavy atom. The molecule has 0 aliphatic carbocycles. The fourth-order valence-electron chi connectivity index (χ4n) is 1.30. The number of nitrogens with zero attached hydrogens (tertiary/aromatic N) is 2. The molecule has 0 fully saturated rings. The SMILES string of the molecule is CCOC(=O)C(C#N)c1ncc(Br)cc1C. The van der Waals surface area contributed by atoms with E-state index in [1.807, 2.05) is 12.1 Å². The number of carbonyl (C=O) groups excluding carboxylic acids is 1. The molecular weight excluding hydrogens is 272 g/mol. The number of aromatic nitrogens is 1. The predicted molar refractivity (Wildman–Crippen MR) is 61.7 cm³/mol. The van der Waals surface area contributed by atoms with Crippen molar-refractivity contribution >= 4 is 21.9 Å². The van der Waals surface area contributed by atoms with Gasteiger partial charge < -0.3 is 4.74 Å². The van der Waals surface area contributed by atoms with Crippen LogP contribution in [0, 0.1) is 18.3 Å². The summed E-state index contributed by atoms with van der Waals surface area (Å²) in [5.74, 6) is -1.50. The molecule has 1 aromatic rings. The van der Waals surface area contributed by atoms with Crippen LogP contribution in [-0.2, 0) is 9.53 Å². The zero-order valence-corrected chi connectivity index (χ0v) is 10.6. The van der Waals surface area contributed by atoms with Gasteiger partial charge in [0.25, 0.3) is 0 Å². The summed E-state index contributed by atoms with van der Waals surface area (Å²) in [4.78, 5) is 15.6. The first-order chi connectivity index (χ1) is 7.60. The van der Waals surface area contributed by atoms with Gasteiger partial charge >= 0.3 is 5.97 Å². The lowest BCUT2D eigenvalue weighted by atomic mass is 10.0. The normalized spacial score (nSPS) is 11.6. The lowest BCUT2D eigenvalue weighted by Crippen LogP contribution is -2.16. The Morgan fingerprint density at radius 2 is 2.44 bits per heavy atom. The van der Waals surface area contributed by atoms with Crippen LogP contribution in [-0.4, -0.2) is 17.6 Å². The minimum atomic E-state index is -0.951. The molecule has 0 saturated carbocycles. The highest BCUT2D eigenvalue weighted by molar-refractivity contribution is 9.10. The molecule has 0 spiro atoms. The highest BCUT2D eigenvalue weighted by Gasteiger charge is 2.24. The zero-order chi connectivity index (χ0) is 12.1. The third-order valence-electron chi connectivity index (χ3n) is 2.01. The standard InChI is InChI=1S/C11H11BrN2O2/c1-3-16-11(15)9(5-13)10-7(2)4-8(12)6-14-10/h4,6,9H,3H2,1-2H3. The Hall–Kier alpha value is -1.41. The summed E-state index contributed by atoms with van der Waals surface area (Å²) in [6.45, 7) is 3.76. The number of hydrogen-bond donors (Lipinski definition) is 0. The van der Waals surface area contributed by atoms with Crippen LogP contribution in [0.5, 0.6) is 0 Å². The maximum absolute atomic E-state index is 11.5. The van der Waals surface area contributed by atoms with E-state index in [1.165, 1.54) is 0 Å². The fourth-order valence-corrected chi connectivity index (χ4v) is 1.75. The number of aryl methyl sites for hydroxylation is 1. The van der Waals surface area contributed by atoms with E-state index in [0.29, 0.717) is 5.69 Å². The minimum absolute atomic E-state index is 0.257. The van der Waals surface area contributed by atoms with Gasteiger partial charge in [0.1, 0.15) is 0 Å². The zero-order valence-electron chi connectivity index (χ0n) is 9.03. The van der Waals surface area contributed by atoms with Crippen LogP contribution in [0.3, 0.4) is 0 Å². The van der Waals surface area contributed by atoms with E-state index in [9.17, 15) is 4.79 Å². The van der Waals surface area contributed by atoms with Crippen LogP contribution in [0.2, 0.25) is 0 Å². The molecule has 0 bridgehead atoms. The monoisotopic (exact) mass is 282 g/mol. The smallest absolute Gasteiger partial charge is 0.329 e. The molecule has 1 unspecified atom stereocenters.